The van der Waals surface area contributed by atoms with Crippen LogP contribution in [-0.4, -0.2) is 42.0 Å². The minimum absolute atomic E-state index is 0.0113. The number of unbranched alkanes of at least 4 members (excludes halogenated alkanes) is 1. The number of nitrogens with one attached hydrogen (secondary N) is 1. The molecule has 0 aromatic heterocycles. The molecule has 1 N–H and O–H groups in total. The van der Waals surface area contributed by atoms with Crippen LogP contribution in [0.1, 0.15) is 43.5 Å². The summed E-state index contributed by atoms with van der Waals surface area (Å²) in [6.07, 6.45) is 2.30. The fraction of sp³-hybridized carbons (Fsp3) is 0.300. The molecule has 1 saturated heterocycles. The number of carbonyl (C=O) groups excluding carboxylic acids is 2. The van der Waals surface area contributed by atoms with Crippen molar-refractivity contribution in [1.82, 2.24) is 5.32 Å². The van der Waals surface area contributed by atoms with Crippen molar-refractivity contribution < 1.29 is 19.1 Å². The summed E-state index contributed by atoms with van der Waals surface area (Å²) in [5.74, 6) is 1.47. The van der Waals surface area contributed by atoms with Crippen LogP contribution in [0, 0.1) is 0 Å². The van der Waals surface area contributed by atoms with Gasteiger partial charge >= 0.3 is 0 Å². The molecule has 0 spiro atoms. The van der Waals surface area contributed by atoms with E-state index in [1.807, 2.05) is 80.6 Å². The second-order valence-corrected chi connectivity index (χ2v) is 9.82. The molecule has 2 amide bonds. The van der Waals surface area contributed by atoms with Crippen molar-refractivity contribution in [3.63, 3.8) is 0 Å². The molecule has 8 heteroatoms. The maximum Gasteiger partial charge on any atom is 0.251 e. The van der Waals surface area contributed by atoms with Crippen molar-refractivity contribution in [2.24, 2.45) is 4.99 Å². The summed E-state index contributed by atoms with van der Waals surface area (Å²) in [5.41, 5.74) is 2.16. The van der Waals surface area contributed by atoms with Gasteiger partial charge in [0.25, 0.3) is 5.91 Å². The normalized spacial score (nSPS) is 16.1. The number of rotatable bonds is 12. The highest BCUT2D eigenvalue weighted by atomic mass is 32.2. The molecular formula is C30H33N3O4S. The Morgan fingerprint density at radius 3 is 2.16 bits per heavy atom. The van der Waals surface area contributed by atoms with E-state index >= 15 is 0 Å². The summed E-state index contributed by atoms with van der Waals surface area (Å²) >= 11 is 1.48. The molecule has 1 aliphatic rings. The molecule has 3 aromatic carbocycles. The third-order valence-electron chi connectivity index (χ3n) is 5.93. The third-order valence-corrected chi connectivity index (χ3v) is 7.13. The Morgan fingerprint density at radius 1 is 0.895 bits per heavy atom. The molecule has 3 aromatic rings. The lowest BCUT2D eigenvalue weighted by Crippen LogP contribution is -2.32. The largest absolute Gasteiger partial charge is 0.494 e. The number of hydrogen-bond donors (Lipinski definition) is 1. The fourth-order valence-electron chi connectivity index (χ4n) is 4.07. The molecule has 4 rings (SSSR count). The highest BCUT2D eigenvalue weighted by Gasteiger charge is 2.38. The Morgan fingerprint density at radius 2 is 1.53 bits per heavy atom. The van der Waals surface area contributed by atoms with E-state index in [0.717, 1.165) is 35.7 Å². The third kappa shape index (κ3) is 7.16. The number of hydrogen-bond acceptors (Lipinski definition) is 6. The number of aliphatic imine (C=N–C) groups is 1. The van der Waals surface area contributed by atoms with Gasteiger partial charge in [-0.05, 0) is 87.4 Å². The second kappa shape index (κ2) is 13.7. The lowest BCUT2D eigenvalue weighted by molar-refractivity contribution is -0.117. The van der Waals surface area contributed by atoms with Crippen LogP contribution in [0.2, 0.25) is 0 Å². The van der Waals surface area contributed by atoms with Gasteiger partial charge in [0, 0.05) is 12.1 Å². The van der Waals surface area contributed by atoms with E-state index in [9.17, 15) is 9.59 Å². The first-order valence-corrected chi connectivity index (χ1v) is 13.8. The van der Waals surface area contributed by atoms with Crippen LogP contribution in [0.25, 0.3) is 0 Å². The van der Waals surface area contributed by atoms with Gasteiger partial charge < -0.3 is 14.8 Å². The lowest BCUT2D eigenvalue weighted by atomic mass is 10.1. The minimum atomic E-state index is -0.243. The predicted molar refractivity (Wildman–Crippen MR) is 154 cm³/mol. The summed E-state index contributed by atoms with van der Waals surface area (Å²) in [5, 5.41) is 3.36. The van der Waals surface area contributed by atoms with E-state index in [-0.39, 0.29) is 17.1 Å². The Kier molecular flexibility index (Phi) is 9.81. The van der Waals surface area contributed by atoms with Crippen molar-refractivity contribution in [2.45, 2.75) is 38.4 Å². The number of amides is 2. The van der Waals surface area contributed by atoms with E-state index in [2.05, 4.69) is 5.32 Å². The topological polar surface area (TPSA) is 80.2 Å². The van der Waals surface area contributed by atoms with Gasteiger partial charge in [0.2, 0.25) is 5.91 Å². The van der Waals surface area contributed by atoms with Crippen molar-refractivity contribution >= 4 is 40.1 Å². The van der Waals surface area contributed by atoms with Crippen LogP contribution >= 0.6 is 11.8 Å². The average molecular weight is 532 g/mol. The molecule has 0 aliphatic carbocycles. The lowest BCUT2D eigenvalue weighted by Gasteiger charge is -2.17. The number of ether oxygens (including phenoxy) is 2. The predicted octanol–water partition coefficient (Wildman–Crippen LogP) is 6.22. The summed E-state index contributed by atoms with van der Waals surface area (Å²) in [6, 6.07) is 24.2. The maximum atomic E-state index is 13.5. The first-order chi connectivity index (χ1) is 18.6. The number of carbonyl (C=O) groups is 2. The molecule has 0 radical (unpaired) electrons. The highest BCUT2D eigenvalue weighted by molar-refractivity contribution is 8.16. The van der Waals surface area contributed by atoms with E-state index in [1.165, 1.54) is 11.8 Å². The molecule has 0 bridgehead atoms. The van der Waals surface area contributed by atoms with Crippen LogP contribution in [0.5, 0.6) is 11.5 Å². The van der Waals surface area contributed by atoms with Crippen molar-refractivity contribution in [1.29, 1.82) is 0 Å². The Hall–Kier alpha value is -3.78. The first-order valence-electron chi connectivity index (χ1n) is 13.0. The number of amidine groups is 1. The van der Waals surface area contributed by atoms with Gasteiger partial charge in [0.15, 0.2) is 5.17 Å². The molecular weight excluding hydrogens is 498 g/mol. The highest BCUT2D eigenvalue weighted by Crippen LogP contribution is 2.36. The first kappa shape index (κ1) is 27.3. The fourth-order valence-corrected chi connectivity index (χ4v) is 5.27. The van der Waals surface area contributed by atoms with Crippen molar-refractivity contribution in [3.05, 3.63) is 84.4 Å². The summed E-state index contributed by atoms with van der Waals surface area (Å²) in [7, 11) is 0. The summed E-state index contributed by atoms with van der Waals surface area (Å²) in [4.78, 5) is 32.3. The number of benzene rings is 3. The maximum absolute atomic E-state index is 13.5. The number of thioether (sulfide) groups is 1. The zero-order valence-electron chi connectivity index (χ0n) is 21.8. The molecule has 1 fully saturated rings. The Labute approximate surface area is 228 Å². The van der Waals surface area contributed by atoms with Gasteiger partial charge in [-0.15, -0.1) is 0 Å². The smallest absolute Gasteiger partial charge is 0.251 e. The molecule has 38 heavy (non-hydrogen) atoms. The monoisotopic (exact) mass is 531 g/mol. The Balaban J connectivity index is 1.42. The molecule has 0 saturated carbocycles. The van der Waals surface area contributed by atoms with Gasteiger partial charge in [-0.2, -0.15) is 0 Å². The van der Waals surface area contributed by atoms with Crippen LogP contribution in [0.15, 0.2) is 83.9 Å². The molecule has 7 nitrogen and oxygen atoms in total. The van der Waals surface area contributed by atoms with Crippen LogP contribution in [-0.2, 0) is 4.79 Å². The van der Waals surface area contributed by atoms with E-state index in [0.29, 0.717) is 36.9 Å². The van der Waals surface area contributed by atoms with Gasteiger partial charge in [0.1, 0.15) is 11.5 Å². The van der Waals surface area contributed by atoms with Crippen LogP contribution in [0.4, 0.5) is 11.4 Å². The minimum Gasteiger partial charge on any atom is -0.494 e. The van der Waals surface area contributed by atoms with Crippen LogP contribution in [0.3, 0.4) is 0 Å². The average Bonchev–Trinajstić information content (AvgIpc) is 3.25. The second-order valence-electron chi connectivity index (χ2n) is 8.65. The molecule has 1 heterocycles. The van der Waals surface area contributed by atoms with Crippen LogP contribution < -0.4 is 19.7 Å². The standard InChI is InChI=1S/C30H33N3O4S/c1-3-36-25-17-13-23(14-18-25)32-30-33(24-15-19-26(20-16-24)37-4-2)29(35)27(38-30)12-8-9-21-31-28(34)22-10-6-5-7-11-22/h5-7,10-11,13-20,27H,3-4,8-9,12,21H2,1-2H3,(H,31,34)/t27-/m1/s1. The molecule has 1 atom stereocenters. The van der Waals surface area contributed by atoms with Crippen molar-refractivity contribution in [2.75, 3.05) is 24.7 Å². The zero-order chi connectivity index (χ0) is 26.7. The SMILES string of the molecule is CCOc1ccc(N=C2S[C@H](CCCCNC(=O)c3ccccc3)C(=O)N2c2ccc(OCC)cc2)cc1. The van der Waals surface area contributed by atoms with Gasteiger partial charge in [-0.25, -0.2) is 4.99 Å². The van der Waals surface area contributed by atoms with E-state index < -0.39 is 0 Å². The quantitative estimate of drug-likeness (QED) is 0.281. The van der Waals surface area contributed by atoms with E-state index in [1.54, 1.807) is 17.0 Å². The van der Waals surface area contributed by atoms with Crippen molar-refractivity contribution in [3.8, 4) is 11.5 Å². The molecule has 0 unspecified atom stereocenters. The van der Waals surface area contributed by atoms with Gasteiger partial charge in [0.05, 0.1) is 29.8 Å². The van der Waals surface area contributed by atoms with E-state index in [4.69, 9.17) is 14.5 Å². The van der Waals surface area contributed by atoms with Gasteiger partial charge in [-0.1, -0.05) is 36.4 Å². The Bertz CT molecular complexity index is 1230. The zero-order valence-corrected chi connectivity index (χ0v) is 22.6. The summed E-state index contributed by atoms with van der Waals surface area (Å²) in [6.45, 7) is 5.63. The molecule has 198 valence electrons. The number of nitrogens with zero attached hydrogens (tertiary/aromatic N) is 2. The molecule has 1 aliphatic heterocycles. The van der Waals surface area contributed by atoms with Gasteiger partial charge in [-0.3, -0.25) is 14.5 Å². The number of anilines is 1. The summed E-state index contributed by atoms with van der Waals surface area (Å²) < 4.78 is 11.1.